The Morgan fingerprint density at radius 2 is 1.82 bits per heavy atom. The minimum Gasteiger partial charge on any atom is -0.449 e. The number of imide groups is 1. The Hall–Kier alpha value is -2.76. The summed E-state index contributed by atoms with van der Waals surface area (Å²) in [4.78, 5) is 33.9. The molecular weight excluding hydrogens is 390 g/mol. The quantitative estimate of drug-likeness (QED) is 0.489. The number of benzene rings is 1. The highest BCUT2D eigenvalue weighted by Crippen LogP contribution is 2.18. The largest absolute Gasteiger partial charge is 0.449 e. The number of rotatable bonds is 6. The molecule has 2 rings (SSSR count). The number of carbonyl (C=O) groups excluding carboxylic acids is 3. The van der Waals surface area contributed by atoms with Crippen molar-refractivity contribution in [3.63, 3.8) is 0 Å². The number of sulfonamides is 1. The zero-order valence-electron chi connectivity index (χ0n) is 15.2. The van der Waals surface area contributed by atoms with Crippen molar-refractivity contribution in [2.45, 2.75) is 17.9 Å². The molecule has 1 aromatic carbocycles. The predicted octanol–water partition coefficient (Wildman–Crippen LogP) is -0.153. The summed E-state index contributed by atoms with van der Waals surface area (Å²) in [6.07, 6.45) is 1.29. The number of nitrogens with zero attached hydrogens (tertiary/aromatic N) is 1. The van der Waals surface area contributed by atoms with E-state index in [0.29, 0.717) is 31.9 Å². The molecule has 0 aromatic heterocycles. The first kappa shape index (κ1) is 21.5. The monoisotopic (exact) mass is 411 g/mol. The van der Waals surface area contributed by atoms with Gasteiger partial charge in [0, 0.05) is 19.2 Å². The topological polar surface area (TPSA) is 145 Å². The molecule has 11 heteroatoms. The van der Waals surface area contributed by atoms with Crippen molar-refractivity contribution in [2.75, 3.05) is 26.3 Å². The van der Waals surface area contributed by atoms with E-state index in [9.17, 15) is 22.8 Å². The Morgan fingerprint density at radius 3 is 2.39 bits per heavy atom. The molecule has 0 aliphatic carbocycles. The van der Waals surface area contributed by atoms with E-state index in [1.54, 1.807) is 17.4 Å². The van der Waals surface area contributed by atoms with E-state index in [0.717, 1.165) is 6.08 Å². The van der Waals surface area contributed by atoms with Gasteiger partial charge in [-0.25, -0.2) is 18.0 Å². The smallest absolute Gasteiger partial charge is 0.331 e. The van der Waals surface area contributed by atoms with Crippen molar-refractivity contribution in [3.05, 3.63) is 35.9 Å². The number of hydrogen-bond donors (Lipinski definition) is 2. The molecule has 1 atom stereocenters. The van der Waals surface area contributed by atoms with Crippen molar-refractivity contribution in [2.24, 2.45) is 5.73 Å². The summed E-state index contributed by atoms with van der Waals surface area (Å²) in [5.41, 5.74) is 5.37. The van der Waals surface area contributed by atoms with Gasteiger partial charge in [-0.1, -0.05) is 12.1 Å². The Labute approximate surface area is 162 Å². The molecule has 1 heterocycles. The second kappa shape index (κ2) is 9.44. The lowest BCUT2D eigenvalue weighted by atomic mass is 10.2. The molecule has 1 aliphatic rings. The van der Waals surface area contributed by atoms with Crippen LogP contribution in [0.4, 0.5) is 4.79 Å². The van der Waals surface area contributed by atoms with Crippen LogP contribution in [0.1, 0.15) is 12.5 Å². The Bertz CT molecular complexity index is 859. The number of urea groups is 1. The average Bonchev–Trinajstić information content (AvgIpc) is 2.67. The standard InChI is InChI=1S/C17H21N3O7S/c1-12(16(22)19-17(18)23)27-15(21)7-4-13-2-5-14(6-3-13)28(24,25)20-8-10-26-11-9-20/h2-7,12H,8-11H2,1H3,(H3,18,19,22,23)/b7-4+/t12-/m0/s1. The lowest BCUT2D eigenvalue weighted by Crippen LogP contribution is -2.42. The third-order valence-electron chi connectivity index (χ3n) is 3.81. The summed E-state index contributed by atoms with van der Waals surface area (Å²) in [6.45, 7) is 2.61. The number of ether oxygens (including phenoxy) is 2. The molecular formula is C17H21N3O7S. The lowest BCUT2D eigenvalue weighted by Gasteiger charge is -2.26. The van der Waals surface area contributed by atoms with Crippen molar-refractivity contribution >= 4 is 34.0 Å². The van der Waals surface area contributed by atoms with Gasteiger partial charge in [-0.3, -0.25) is 10.1 Å². The molecule has 0 radical (unpaired) electrons. The molecule has 28 heavy (non-hydrogen) atoms. The van der Waals surface area contributed by atoms with Crippen LogP contribution in [0, 0.1) is 0 Å². The van der Waals surface area contributed by atoms with Gasteiger partial charge in [-0.2, -0.15) is 4.31 Å². The number of esters is 1. The van der Waals surface area contributed by atoms with E-state index in [1.165, 1.54) is 29.4 Å². The van der Waals surface area contributed by atoms with Crippen LogP contribution < -0.4 is 11.1 Å². The highest BCUT2D eigenvalue weighted by atomic mass is 32.2. The fraction of sp³-hybridized carbons (Fsp3) is 0.353. The summed E-state index contributed by atoms with van der Waals surface area (Å²) in [6, 6.07) is 4.92. The van der Waals surface area contributed by atoms with Gasteiger partial charge >= 0.3 is 12.0 Å². The highest BCUT2D eigenvalue weighted by molar-refractivity contribution is 7.89. The van der Waals surface area contributed by atoms with E-state index < -0.39 is 34.0 Å². The Kier molecular flexibility index (Phi) is 7.26. The SMILES string of the molecule is C[C@H](OC(=O)/C=C/c1ccc(S(=O)(=O)N2CCOCC2)cc1)C(=O)NC(N)=O. The minimum atomic E-state index is -3.59. The predicted molar refractivity (Wildman–Crippen MR) is 98.3 cm³/mol. The molecule has 3 N–H and O–H groups in total. The maximum absolute atomic E-state index is 12.5. The van der Waals surface area contributed by atoms with Crippen LogP contribution in [0.2, 0.25) is 0 Å². The van der Waals surface area contributed by atoms with Gasteiger partial charge < -0.3 is 15.2 Å². The zero-order valence-corrected chi connectivity index (χ0v) is 16.0. The van der Waals surface area contributed by atoms with Gasteiger partial charge in [0.25, 0.3) is 5.91 Å². The van der Waals surface area contributed by atoms with Gasteiger partial charge in [0.05, 0.1) is 18.1 Å². The summed E-state index contributed by atoms with van der Waals surface area (Å²) < 4.78 is 36.4. The fourth-order valence-electron chi connectivity index (χ4n) is 2.34. The number of hydrogen-bond acceptors (Lipinski definition) is 7. The summed E-state index contributed by atoms with van der Waals surface area (Å²) in [5.74, 6) is -1.65. The van der Waals surface area contributed by atoms with Gasteiger partial charge in [-0.05, 0) is 30.7 Å². The molecule has 1 fully saturated rings. The van der Waals surface area contributed by atoms with Crippen molar-refractivity contribution in [1.29, 1.82) is 0 Å². The first-order chi connectivity index (χ1) is 13.2. The molecule has 1 aromatic rings. The summed E-state index contributed by atoms with van der Waals surface area (Å²) in [5, 5.41) is 1.80. The van der Waals surface area contributed by atoms with Gasteiger partial charge in [0.2, 0.25) is 10.0 Å². The molecule has 0 bridgehead atoms. The van der Waals surface area contributed by atoms with Crippen LogP contribution in [0.25, 0.3) is 6.08 Å². The van der Waals surface area contributed by atoms with E-state index in [-0.39, 0.29) is 4.90 Å². The second-order valence-corrected chi connectivity index (χ2v) is 7.79. The minimum absolute atomic E-state index is 0.144. The number of nitrogens with two attached hydrogens (primary N) is 1. The molecule has 1 saturated heterocycles. The van der Waals surface area contributed by atoms with Crippen LogP contribution >= 0.6 is 0 Å². The zero-order chi connectivity index (χ0) is 20.7. The molecule has 10 nitrogen and oxygen atoms in total. The third kappa shape index (κ3) is 5.87. The summed E-state index contributed by atoms with van der Waals surface area (Å²) >= 11 is 0. The van der Waals surface area contributed by atoms with Crippen LogP contribution in [0.5, 0.6) is 0 Å². The van der Waals surface area contributed by atoms with E-state index >= 15 is 0 Å². The van der Waals surface area contributed by atoms with Crippen molar-refractivity contribution in [3.8, 4) is 0 Å². The van der Waals surface area contributed by atoms with E-state index in [2.05, 4.69) is 0 Å². The van der Waals surface area contributed by atoms with E-state index in [1.807, 2.05) is 0 Å². The van der Waals surface area contributed by atoms with Crippen molar-refractivity contribution in [1.82, 2.24) is 9.62 Å². The molecule has 3 amide bonds. The highest BCUT2D eigenvalue weighted by Gasteiger charge is 2.26. The summed E-state index contributed by atoms with van der Waals surface area (Å²) in [7, 11) is -3.59. The molecule has 0 unspecified atom stereocenters. The number of amides is 3. The number of carbonyl (C=O) groups is 3. The number of morpholine rings is 1. The second-order valence-electron chi connectivity index (χ2n) is 5.85. The normalized spacial score (nSPS) is 16.5. The Balaban J connectivity index is 1.97. The number of nitrogens with one attached hydrogen (secondary N) is 1. The van der Waals surface area contributed by atoms with Crippen LogP contribution in [0.15, 0.2) is 35.2 Å². The van der Waals surface area contributed by atoms with Gasteiger partial charge in [0.1, 0.15) is 0 Å². The Morgan fingerprint density at radius 1 is 1.21 bits per heavy atom. The van der Waals surface area contributed by atoms with Gasteiger partial charge in [-0.15, -0.1) is 0 Å². The molecule has 0 spiro atoms. The maximum atomic E-state index is 12.5. The number of primary amides is 1. The van der Waals surface area contributed by atoms with Crippen LogP contribution in [-0.4, -0.2) is 63.0 Å². The van der Waals surface area contributed by atoms with Crippen molar-refractivity contribution < 1.29 is 32.3 Å². The first-order valence-electron chi connectivity index (χ1n) is 8.37. The van der Waals surface area contributed by atoms with Gasteiger partial charge in [0.15, 0.2) is 6.10 Å². The fourth-order valence-corrected chi connectivity index (χ4v) is 3.75. The molecule has 1 aliphatic heterocycles. The van der Waals surface area contributed by atoms with Crippen LogP contribution in [0.3, 0.4) is 0 Å². The third-order valence-corrected chi connectivity index (χ3v) is 5.72. The molecule has 0 saturated carbocycles. The van der Waals surface area contributed by atoms with E-state index in [4.69, 9.17) is 15.2 Å². The first-order valence-corrected chi connectivity index (χ1v) is 9.81. The average molecular weight is 411 g/mol. The lowest BCUT2D eigenvalue weighted by molar-refractivity contribution is -0.149. The molecule has 152 valence electrons. The maximum Gasteiger partial charge on any atom is 0.331 e. The van der Waals surface area contributed by atoms with Crippen LogP contribution in [-0.2, 0) is 29.1 Å².